The van der Waals surface area contributed by atoms with Crippen LogP contribution in [0.3, 0.4) is 0 Å². The first kappa shape index (κ1) is 15.2. The Kier molecular flexibility index (Phi) is 6.00. The molecule has 2 aliphatic carbocycles. The van der Waals surface area contributed by atoms with Crippen molar-refractivity contribution >= 4 is 17.5 Å². The Balaban J connectivity index is 1.76. The van der Waals surface area contributed by atoms with Crippen LogP contribution in [0.4, 0.5) is 0 Å². The summed E-state index contributed by atoms with van der Waals surface area (Å²) in [5.74, 6) is 3.01. The quantitative estimate of drug-likeness (QED) is 0.757. The monoisotopic (exact) mass is 285 g/mol. The smallest absolute Gasteiger partial charge is 0.223 e. The normalized spacial score (nSPS) is 32.4. The van der Waals surface area contributed by atoms with Crippen molar-refractivity contribution in [2.75, 3.05) is 5.88 Å². The lowest BCUT2D eigenvalue weighted by Crippen LogP contribution is -2.41. The number of amides is 1. The van der Waals surface area contributed by atoms with E-state index in [9.17, 15) is 4.79 Å². The molecule has 4 unspecified atom stereocenters. The van der Waals surface area contributed by atoms with Crippen LogP contribution in [0.25, 0.3) is 0 Å². The van der Waals surface area contributed by atoms with Crippen LogP contribution in [0, 0.1) is 17.8 Å². The van der Waals surface area contributed by atoms with Crippen LogP contribution in [-0.4, -0.2) is 17.8 Å². The van der Waals surface area contributed by atoms with Gasteiger partial charge >= 0.3 is 0 Å². The summed E-state index contributed by atoms with van der Waals surface area (Å²) in [6, 6.07) is 0.273. The van der Waals surface area contributed by atoms with Crippen molar-refractivity contribution in [1.29, 1.82) is 0 Å². The molecular formula is C16H28ClNO. The number of nitrogens with one attached hydrogen (secondary N) is 1. The van der Waals surface area contributed by atoms with Crippen LogP contribution in [0.1, 0.15) is 64.7 Å². The minimum atomic E-state index is 0.273. The maximum Gasteiger partial charge on any atom is 0.223 e. The molecular weight excluding hydrogens is 258 g/mol. The molecule has 4 atom stereocenters. The van der Waals surface area contributed by atoms with E-state index in [0.717, 1.165) is 37.5 Å². The van der Waals surface area contributed by atoms with Crippen LogP contribution in [0.5, 0.6) is 0 Å². The number of hydrogen-bond donors (Lipinski definition) is 1. The molecule has 0 aromatic carbocycles. The van der Waals surface area contributed by atoms with Gasteiger partial charge in [-0.1, -0.05) is 25.7 Å². The highest BCUT2D eigenvalue weighted by molar-refractivity contribution is 6.17. The predicted molar refractivity (Wildman–Crippen MR) is 80.3 cm³/mol. The average Bonchev–Trinajstić information content (AvgIpc) is 2.44. The van der Waals surface area contributed by atoms with Crippen LogP contribution in [0.15, 0.2) is 0 Å². The minimum absolute atomic E-state index is 0.273. The van der Waals surface area contributed by atoms with E-state index in [1.165, 1.54) is 32.1 Å². The van der Waals surface area contributed by atoms with Crippen molar-refractivity contribution in [2.24, 2.45) is 17.8 Å². The highest BCUT2D eigenvalue weighted by Gasteiger charge is 2.35. The summed E-state index contributed by atoms with van der Waals surface area (Å²) in [7, 11) is 0. The second kappa shape index (κ2) is 7.52. The lowest BCUT2D eigenvalue weighted by atomic mass is 9.67. The Morgan fingerprint density at radius 2 is 1.95 bits per heavy atom. The predicted octanol–water partition coefficient (Wildman–Crippen LogP) is 4.12. The topological polar surface area (TPSA) is 29.1 Å². The van der Waals surface area contributed by atoms with Crippen molar-refractivity contribution in [1.82, 2.24) is 5.32 Å². The van der Waals surface area contributed by atoms with Gasteiger partial charge in [-0.2, -0.15) is 0 Å². The van der Waals surface area contributed by atoms with Gasteiger partial charge in [0.1, 0.15) is 0 Å². The van der Waals surface area contributed by atoms with Gasteiger partial charge in [-0.25, -0.2) is 0 Å². The van der Waals surface area contributed by atoms with Gasteiger partial charge in [0.05, 0.1) is 0 Å². The Hall–Kier alpha value is -0.240. The first-order valence-electron chi connectivity index (χ1n) is 8.07. The molecule has 0 heterocycles. The zero-order valence-electron chi connectivity index (χ0n) is 12.2. The summed E-state index contributed by atoms with van der Waals surface area (Å²) >= 11 is 5.69. The molecule has 3 heteroatoms. The molecule has 1 amide bonds. The Morgan fingerprint density at radius 1 is 1.21 bits per heavy atom. The fourth-order valence-corrected chi connectivity index (χ4v) is 4.08. The Labute approximate surface area is 122 Å². The van der Waals surface area contributed by atoms with Crippen molar-refractivity contribution in [3.63, 3.8) is 0 Å². The van der Waals surface area contributed by atoms with Crippen molar-refractivity contribution in [2.45, 2.75) is 70.8 Å². The van der Waals surface area contributed by atoms with E-state index in [0.29, 0.717) is 11.8 Å². The molecule has 110 valence electrons. The van der Waals surface area contributed by atoms with Crippen LogP contribution in [-0.2, 0) is 4.79 Å². The molecule has 0 spiro atoms. The SMILES string of the molecule is CC(CCCCl)NC(=O)C1CCC2CCCCC2C1. The summed E-state index contributed by atoms with van der Waals surface area (Å²) in [6.45, 7) is 2.09. The number of halogens is 1. The number of carbonyl (C=O) groups is 1. The van der Waals surface area contributed by atoms with Gasteiger partial charge < -0.3 is 5.32 Å². The molecule has 0 saturated heterocycles. The van der Waals surface area contributed by atoms with Crippen LogP contribution < -0.4 is 5.32 Å². The molecule has 2 saturated carbocycles. The van der Waals surface area contributed by atoms with Gasteiger partial charge in [-0.05, 0) is 50.9 Å². The summed E-state index contributed by atoms with van der Waals surface area (Å²) in [4.78, 5) is 12.3. The second-order valence-corrected chi connectivity index (χ2v) is 6.93. The first-order chi connectivity index (χ1) is 9.20. The number of alkyl halides is 1. The van der Waals surface area contributed by atoms with E-state index in [-0.39, 0.29) is 12.0 Å². The molecule has 0 aromatic rings. The third-order valence-corrected chi connectivity index (χ3v) is 5.34. The number of hydrogen-bond acceptors (Lipinski definition) is 1. The third kappa shape index (κ3) is 4.37. The zero-order chi connectivity index (χ0) is 13.7. The number of rotatable bonds is 5. The summed E-state index contributed by atoms with van der Waals surface area (Å²) in [5, 5.41) is 3.18. The largest absolute Gasteiger partial charge is 0.353 e. The molecule has 0 radical (unpaired) electrons. The van der Waals surface area contributed by atoms with Gasteiger partial charge in [0.2, 0.25) is 5.91 Å². The average molecular weight is 286 g/mol. The zero-order valence-corrected chi connectivity index (χ0v) is 12.9. The Bertz CT molecular complexity index is 294. The van der Waals surface area contributed by atoms with Crippen molar-refractivity contribution in [3.05, 3.63) is 0 Å². The van der Waals surface area contributed by atoms with Crippen LogP contribution >= 0.6 is 11.6 Å². The molecule has 2 fully saturated rings. The lowest BCUT2D eigenvalue weighted by molar-refractivity contribution is -0.127. The molecule has 2 nitrogen and oxygen atoms in total. The van der Waals surface area contributed by atoms with Crippen molar-refractivity contribution < 1.29 is 4.79 Å². The number of fused-ring (bicyclic) bond motifs is 1. The highest BCUT2D eigenvalue weighted by Crippen LogP contribution is 2.42. The molecule has 2 rings (SSSR count). The molecule has 19 heavy (non-hydrogen) atoms. The minimum Gasteiger partial charge on any atom is -0.353 e. The van der Waals surface area contributed by atoms with Gasteiger partial charge in [0.15, 0.2) is 0 Å². The lowest BCUT2D eigenvalue weighted by Gasteiger charge is -2.39. The van der Waals surface area contributed by atoms with Gasteiger partial charge in [-0.3, -0.25) is 4.79 Å². The van der Waals surface area contributed by atoms with Crippen molar-refractivity contribution in [3.8, 4) is 0 Å². The molecule has 1 N–H and O–H groups in total. The van der Waals surface area contributed by atoms with Gasteiger partial charge in [0, 0.05) is 17.8 Å². The van der Waals surface area contributed by atoms with E-state index < -0.39 is 0 Å². The van der Waals surface area contributed by atoms with Gasteiger partial charge in [-0.15, -0.1) is 11.6 Å². The third-order valence-electron chi connectivity index (χ3n) is 5.07. The molecule has 0 aliphatic heterocycles. The molecule has 0 bridgehead atoms. The molecule has 2 aliphatic rings. The fourth-order valence-electron chi connectivity index (χ4n) is 3.93. The Morgan fingerprint density at radius 3 is 2.68 bits per heavy atom. The standard InChI is InChI=1S/C16H28ClNO/c1-12(5-4-10-17)18-16(19)15-9-8-13-6-2-3-7-14(13)11-15/h12-15H,2-11H2,1H3,(H,18,19). The van der Waals surface area contributed by atoms with Crippen LogP contribution in [0.2, 0.25) is 0 Å². The van der Waals surface area contributed by atoms with E-state index in [1.54, 1.807) is 0 Å². The van der Waals surface area contributed by atoms with Gasteiger partial charge in [0.25, 0.3) is 0 Å². The molecule has 0 aromatic heterocycles. The maximum absolute atomic E-state index is 12.3. The number of carbonyl (C=O) groups excluding carboxylic acids is 1. The summed E-state index contributed by atoms with van der Waals surface area (Å²) in [6.07, 6.45) is 11.1. The van der Waals surface area contributed by atoms with E-state index >= 15 is 0 Å². The maximum atomic E-state index is 12.3. The van der Waals surface area contributed by atoms with E-state index in [2.05, 4.69) is 12.2 Å². The highest BCUT2D eigenvalue weighted by atomic mass is 35.5. The second-order valence-electron chi connectivity index (χ2n) is 6.56. The summed E-state index contributed by atoms with van der Waals surface area (Å²) in [5.41, 5.74) is 0. The summed E-state index contributed by atoms with van der Waals surface area (Å²) < 4.78 is 0. The van der Waals surface area contributed by atoms with E-state index in [4.69, 9.17) is 11.6 Å². The van der Waals surface area contributed by atoms with E-state index in [1.807, 2.05) is 0 Å². The first-order valence-corrected chi connectivity index (χ1v) is 8.60. The fraction of sp³-hybridized carbons (Fsp3) is 0.938.